The summed E-state index contributed by atoms with van der Waals surface area (Å²) in [4.78, 5) is 3.35. The van der Waals surface area contributed by atoms with Gasteiger partial charge in [-0.15, -0.1) is 0 Å². The zero-order chi connectivity index (χ0) is 12.5. The fraction of sp³-hybridized carbons (Fsp3) is 0. The van der Waals surface area contributed by atoms with Crippen LogP contribution in [0.5, 0.6) is 0 Å². The Labute approximate surface area is 113 Å². The van der Waals surface area contributed by atoms with E-state index in [4.69, 9.17) is 5.26 Å². The van der Waals surface area contributed by atoms with Crippen molar-refractivity contribution in [3.63, 3.8) is 0 Å². The molecule has 0 aliphatic carbocycles. The van der Waals surface area contributed by atoms with Gasteiger partial charge in [0.05, 0.1) is 11.6 Å². The van der Waals surface area contributed by atoms with Gasteiger partial charge in [0, 0.05) is 26.6 Å². The van der Waals surface area contributed by atoms with E-state index in [9.17, 15) is 0 Å². The van der Waals surface area contributed by atoms with Crippen LogP contribution >= 0.6 is 15.9 Å². The number of H-pyrrole nitrogens is 1. The fourth-order valence-corrected chi connectivity index (χ4v) is 2.42. The third-order valence-corrected chi connectivity index (χ3v) is 3.42. The minimum absolute atomic E-state index is 0.683. The summed E-state index contributed by atoms with van der Waals surface area (Å²) in [5.74, 6) is 0. The largest absolute Gasteiger partial charge is 0.354 e. The molecule has 0 spiro atoms. The number of nitriles is 1. The van der Waals surface area contributed by atoms with Crippen molar-refractivity contribution in [2.45, 2.75) is 0 Å². The molecule has 1 heterocycles. The predicted molar refractivity (Wildman–Crippen MR) is 76.1 cm³/mol. The molecule has 0 saturated heterocycles. The first-order valence-corrected chi connectivity index (χ1v) is 6.35. The van der Waals surface area contributed by atoms with Crippen LogP contribution in [0, 0.1) is 11.3 Å². The predicted octanol–water partition coefficient (Wildman–Crippen LogP) is 4.47. The monoisotopic (exact) mass is 296 g/mol. The van der Waals surface area contributed by atoms with Crippen LogP contribution in [0.3, 0.4) is 0 Å². The average molecular weight is 297 g/mol. The van der Waals surface area contributed by atoms with Crippen LogP contribution in [-0.4, -0.2) is 4.98 Å². The normalized spacial score (nSPS) is 10.4. The molecule has 86 valence electrons. The molecule has 3 aromatic rings. The first-order valence-electron chi connectivity index (χ1n) is 5.56. The van der Waals surface area contributed by atoms with Crippen molar-refractivity contribution < 1.29 is 0 Å². The standard InChI is InChI=1S/C15H9BrN2/c16-12-6-5-10-7-15(18-14(10)8-12)13-4-2-1-3-11(13)9-17/h1-8,18H. The first kappa shape index (κ1) is 11.1. The van der Waals surface area contributed by atoms with Gasteiger partial charge < -0.3 is 4.98 Å². The molecule has 2 aromatic carbocycles. The van der Waals surface area contributed by atoms with Gasteiger partial charge >= 0.3 is 0 Å². The molecule has 3 heteroatoms. The molecule has 2 nitrogen and oxygen atoms in total. The lowest BCUT2D eigenvalue weighted by atomic mass is 10.1. The summed E-state index contributed by atoms with van der Waals surface area (Å²) in [5.41, 5.74) is 3.66. The molecule has 3 rings (SSSR count). The number of fused-ring (bicyclic) bond motifs is 1. The van der Waals surface area contributed by atoms with E-state index >= 15 is 0 Å². The van der Waals surface area contributed by atoms with Crippen molar-refractivity contribution in [3.05, 3.63) is 58.6 Å². The Morgan fingerprint density at radius 1 is 1.06 bits per heavy atom. The topological polar surface area (TPSA) is 39.6 Å². The number of benzene rings is 2. The van der Waals surface area contributed by atoms with Gasteiger partial charge in [0.2, 0.25) is 0 Å². The molecule has 0 saturated carbocycles. The molecule has 0 unspecified atom stereocenters. The van der Waals surface area contributed by atoms with Crippen LogP contribution in [0.25, 0.3) is 22.2 Å². The molecule has 0 bridgehead atoms. The van der Waals surface area contributed by atoms with Crippen LogP contribution in [0.2, 0.25) is 0 Å². The Bertz CT molecular complexity index is 766. The third kappa shape index (κ3) is 1.81. The molecular weight excluding hydrogens is 288 g/mol. The zero-order valence-electron chi connectivity index (χ0n) is 9.44. The number of nitrogens with zero attached hydrogens (tertiary/aromatic N) is 1. The number of halogens is 1. The van der Waals surface area contributed by atoms with Crippen LogP contribution in [-0.2, 0) is 0 Å². The number of rotatable bonds is 1. The smallest absolute Gasteiger partial charge is 0.0998 e. The lowest BCUT2D eigenvalue weighted by Crippen LogP contribution is -1.82. The summed E-state index contributed by atoms with van der Waals surface area (Å²) in [6.45, 7) is 0. The van der Waals surface area contributed by atoms with E-state index in [-0.39, 0.29) is 0 Å². The van der Waals surface area contributed by atoms with Crippen molar-refractivity contribution in [1.82, 2.24) is 4.98 Å². The van der Waals surface area contributed by atoms with E-state index in [0.717, 1.165) is 26.6 Å². The number of hydrogen-bond acceptors (Lipinski definition) is 1. The Hall–Kier alpha value is -2.05. The maximum Gasteiger partial charge on any atom is 0.0998 e. The highest BCUT2D eigenvalue weighted by Crippen LogP contribution is 2.28. The van der Waals surface area contributed by atoms with E-state index in [2.05, 4.69) is 39.1 Å². The van der Waals surface area contributed by atoms with E-state index < -0.39 is 0 Å². The first-order chi connectivity index (χ1) is 8.78. The minimum Gasteiger partial charge on any atom is -0.354 e. The molecule has 0 atom stereocenters. The van der Waals surface area contributed by atoms with Crippen molar-refractivity contribution in [3.8, 4) is 17.3 Å². The van der Waals surface area contributed by atoms with Gasteiger partial charge in [-0.3, -0.25) is 0 Å². The summed E-state index contributed by atoms with van der Waals surface area (Å²) in [6, 6.07) is 18.0. The van der Waals surface area contributed by atoms with Crippen molar-refractivity contribution in [2.75, 3.05) is 0 Å². The summed E-state index contributed by atoms with van der Waals surface area (Å²) in [5, 5.41) is 10.3. The average Bonchev–Trinajstić information content (AvgIpc) is 2.81. The molecule has 0 aliphatic heterocycles. The van der Waals surface area contributed by atoms with E-state index in [1.807, 2.05) is 36.4 Å². The van der Waals surface area contributed by atoms with Crippen molar-refractivity contribution in [2.24, 2.45) is 0 Å². The van der Waals surface area contributed by atoms with Crippen LogP contribution in [0.4, 0.5) is 0 Å². The zero-order valence-corrected chi connectivity index (χ0v) is 11.0. The quantitative estimate of drug-likeness (QED) is 0.707. The summed E-state index contributed by atoms with van der Waals surface area (Å²) in [7, 11) is 0. The van der Waals surface area contributed by atoms with Gasteiger partial charge in [-0.05, 0) is 24.3 Å². The van der Waals surface area contributed by atoms with Gasteiger partial charge in [-0.1, -0.05) is 40.2 Å². The Balaban J connectivity index is 2.23. The van der Waals surface area contributed by atoms with Gasteiger partial charge in [-0.2, -0.15) is 5.26 Å². The fourth-order valence-electron chi connectivity index (χ4n) is 2.06. The molecule has 0 radical (unpaired) electrons. The van der Waals surface area contributed by atoms with Crippen LogP contribution in [0.1, 0.15) is 5.56 Å². The highest BCUT2D eigenvalue weighted by Gasteiger charge is 2.07. The molecule has 1 N–H and O–H groups in total. The second kappa shape index (κ2) is 4.32. The van der Waals surface area contributed by atoms with Gasteiger partial charge in [0.1, 0.15) is 0 Å². The molecule has 18 heavy (non-hydrogen) atoms. The molecule has 0 amide bonds. The maximum atomic E-state index is 9.13. The third-order valence-electron chi connectivity index (χ3n) is 2.92. The van der Waals surface area contributed by atoms with Crippen LogP contribution in [0.15, 0.2) is 53.0 Å². The molecule has 0 aliphatic rings. The van der Waals surface area contributed by atoms with Gasteiger partial charge in [0.25, 0.3) is 0 Å². The van der Waals surface area contributed by atoms with E-state index in [1.165, 1.54) is 0 Å². The Morgan fingerprint density at radius 3 is 2.72 bits per heavy atom. The molecule has 0 fully saturated rings. The number of nitrogens with one attached hydrogen (secondary N) is 1. The van der Waals surface area contributed by atoms with Gasteiger partial charge in [-0.25, -0.2) is 0 Å². The number of aromatic amines is 1. The second-order valence-electron chi connectivity index (χ2n) is 4.07. The molecule has 1 aromatic heterocycles. The second-order valence-corrected chi connectivity index (χ2v) is 4.99. The lowest BCUT2D eigenvalue weighted by Gasteiger charge is -1.99. The highest BCUT2D eigenvalue weighted by molar-refractivity contribution is 9.10. The Morgan fingerprint density at radius 2 is 1.89 bits per heavy atom. The number of hydrogen-bond donors (Lipinski definition) is 1. The molecular formula is C15H9BrN2. The maximum absolute atomic E-state index is 9.13. The highest BCUT2D eigenvalue weighted by atomic mass is 79.9. The summed E-state index contributed by atoms with van der Waals surface area (Å²) in [6.07, 6.45) is 0. The summed E-state index contributed by atoms with van der Waals surface area (Å²) >= 11 is 3.45. The van der Waals surface area contributed by atoms with Crippen molar-refractivity contribution >= 4 is 26.8 Å². The SMILES string of the molecule is N#Cc1ccccc1-c1cc2ccc(Br)cc2[nH]1. The number of aromatic nitrogens is 1. The van der Waals surface area contributed by atoms with Crippen LogP contribution < -0.4 is 0 Å². The summed E-state index contributed by atoms with van der Waals surface area (Å²) < 4.78 is 1.04. The van der Waals surface area contributed by atoms with Gasteiger partial charge in [0.15, 0.2) is 0 Å². The van der Waals surface area contributed by atoms with E-state index in [0.29, 0.717) is 5.56 Å². The van der Waals surface area contributed by atoms with Crippen molar-refractivity contribution in [1.29, 1.82) is 5.26 Å². The minimum atomic E-state index is 0.683. The lowest BCUT2D eigenvalue weighted by molar-refractivity contribution is 1.42. The Kier molecular flexibility index (Phi) is 2.66. The van der Waals surface area contributed by atoms with E-state index in [1.54, 1.807) is 0 Å².